The second-order valence-corrected chi connectivity index (χ2v) is 6.43. The van der Waals surface area contributed by atoms with Crippen LogP contribution in [0.1, 0.15) is 18.4 Å². The Labute approximate surface area is 173 Å². The smallest absolute Gasteiger partial charge is 0.276 e. The quantitative estimate of drug-likeness (QED) is 0.570. The molecule has 0 spiro atoms. The maximum atomic E-state index is 12.0. The molecule has 0 fully saturated rings. The van der Waals surface area contributed by atoms with Crippen LogP contribution in [0.25, 0.3) is 0 Å². The standard InChI is InChI=1S/C20H22ClN3O5/c1-13-16(21)4-3-5-17(13)22-18(25)10-11-19(26)23-24-20(27)12-29-15-8-6-14(28-2)7-9-15/h3-9H,10-12H2,1-2H3,(H,22,25)(H,23,26)(H,24,27). The third-order valence-corrected chi connectivity index (χ3v) is 4.30. The highest BCUT2D eigenvalue weighted by Gasteiger charge is 2.11. The Morgan fingerprint density at radius 2 is 1.52 bits per heavy atom. The molecule has 0 aliphatic rings. The highest BCUT2D eigenvalue weighted by atomic mass is 35.5. The Kier molecular flexibility index (Phi) is 8.29. The number of hydrazine groups is 1. The molecule has 0 saturated heterocycles. The highest BCUT2D eigenvalue weighted by Crippen LogP contribution is 2.23. The molecule has 29 heavy (non-hydrogen) atoms. The first kappa shape index (κ1) is 22.0. The number of ether oxygens (including phenoxy) is 2. The molecule has 0 radical (unpaired) electrons. The van der Waals surface area contributed by atoms with Gasteiger partial charge in [-0.05, 0) is 48.9 Å². The zero-order valence-electron chi connectivity index (χ0n) is 16.1. The number of nitrogens with one attached hydrogen (secondary N) is 3. The zero-order chi connectivity index (χ0) is 21.2. The molecule has 3 amide bonds. The van der Waals surface area contributed by atoms with Crippen LogP contribution in [0.4, 0.5) is 5.69 Å². The molecule has 2 aromatic carbocycles. The molecule has 9 heteroatoms. The fourth-order valence-corrected chi connectivity index (χ4v) is 2.42. The van der Waals surface area contributed by atoms with Crippen molar-refractivity contribution in [3.63, 3.8) is 0 Å². The summed E-state index contributed by atoms with van der Waals surface area (Å²) in [7, 11) is 1.55. The van der Waals surface area contributed by atoms with E-state index in [1.807, 2.05) is 0 Å². The maximum Gasteiger partial charge on any atom is 0.276 e. The lowest BCUT2D eigenvalue weighted by Crippen LogP contribution is -2.44. The largest absolute Gasteiger partial charge is 0.497 e. The van der Waals surface area contributed by atoms with Crippen LogP contribution in [0.5, 0.6) is 11.5 Å². The van der Waals surface area contributed by atoms with E-state index < -0.39 is 11.8 Å². The topological polar surface area (TPSA) is 106 Å². The summed E-state index contributed by atoms with van der Waals surface area (Å²) in [5.74, 6) is -0.211. The number of amides is 3. The van der Waals surface area contributed by atoms with Crippen molar-refractivity contribution in [1.82, 2.24) is 10.9 Å². The first-order chi connectivity index (χ1) is 13.9. The van der Waals surface area contributed by atoms with Gasteiger partial charge in [0.05, 0.1) is 7.11 Å². The summed E-state index contributed by atoms with van der Waals surface area (Å²) in [5, 5.41) is 3.24. The van der Waals surface area contributed by atoms with Crippen molar-refractivity contribution in [2.45, 2.75) is 19.8 Å². The lowest BCUT2D eigenvalue weighted by molar-refractivity contribution is -0.130. The number of anilines is 1. The monoisotopic (exact) mass is 419 g/mol. The summed E-state index contributed by atoms with van der Waals surface area (Å²) in [6.45, 7) is 1.51. The van der Waals surface area contributed by atoms with Crippen molar-refractivity contribution in [3.05, 3.63) is 53.1 Å². The van der Waals surface area contributed by atoms with E-state index in [0.29, 0.717) is 22.2 Å². The predicted molar refractivity (Wildman–Crippen MR) is 109 cm³/mol. The number of rotatable bonds is 8. The molecule has 0 aromatic heterocycles. The van der Waals surface area contributed by atoms with Crippen LogP contribution >= 0.6 is 11.6 Å². The van der Waals surface area contributed by atoms with E-state index in [-0.39, 0.29) is 25.4 Å². The number of hydrogen-bond acceptors (Lipinski definition) is 5. The molecule has 154 valence electrons. The highest BCUT2D eigenvalue weighted by molar-refractivity contribution is 6.31. The molecule has 0 unspecified atom stereocenters. The molecule has 0 saturated carbocycles. The molecular formula is C20H22ClN3O5. The number of carbonyl (C=O) groups excluding carboxylic acids is 3. The van der Waals surface area contributed by atoms with Crippen molar-refractivity contribution in [2.75, 3.05) is 19.0 Å². The van der Waals surface area contributed by atoms with Crippen molar-refractivity contribution in [3.8, 4) is 11.5 Å². The zero-order valence-corrected chi connectivity index (χ0v) is 16.8. The van der Waals surface area contributed by atoms with Crippen LogP contribution in [-0.2, 0) is 14.4 Å². The predicted octanol–water partition coefficient (Wildman–Crippen LogP) is 2.60. The van der Waals surface area contributed by atoms with Gasteiger partial charge in [-0.1, -0.05) is 17.7 Å². The van der Waals surface area contributed by atoms with Crippen molar-refractivity contribution >= 4 is 35.0 Å². The second-order valence-electron chi connectivity index (χ2n) is 6.02. The molecule has 0 aliphatic carbocycles. The average molecular weight is 420 g/mol. The summed E-state index contributed by atoms with van der Waals surface area (Å²) in [5.41, 5.74) is 5.80. The van der Waals surface area contributed by atoms with Crippen LogP contribution in [0.15, 0.2) is 42.5 Å². The van der Waals surface area contributed by atoms with Crippen LogP contribution in [0.3, 0.4) is 0 Å². The normalized spacial score (nSPS) is 10.0. The van der Waals surface area contributed by atoms with Crippen LogP contribution < -0.4 is 25.6 Å². The van der Waals surface area contributed by atoms with E-state index in [2.05, 4.69) is 16.2 Å². The molecule has 0 heterocycles. The summed E-state index contributed by atoms with van der Waals surface area (Å²) in [6, 6.07) is 11.9. The van der Waals surface area contributed by atoms with E-state index >= 15 is 0 Å². The van der Waals surface area contributed by atoms with Crippen LogP contribution in [0, 0.1) is 6.92 Å². The van der Waals surface area contributed by atoms with Crippen molar-refractivity contribution in [1.29, 1.82) is 0 Å². The van der Waals surface area contributed by atoms with E-state index in [1.54, 1.807) is 56.5 Å². The fourth-order valence-electron chi connectivity index (χ4n) is 2.24. The number of carbonyl (C=O) groups is 3. The first-order valence-electron chi connectivity index (χ1n) is 8.78. The summed E-state index contributed by atoms with van der Waals surface area (Å²) < 4.78 is 10.3. The Bertz CT molecular complexity index is 871. The molecule has 8 nitrogen and oxygen atoms in total. The number of halogens is 1. The minimum atomic E-state index is -0.534. The first-order valence-corrected chi connectivity index (χ1v) is 9.16. The van der Waals surface area contributed by atoms with E-state index in [9.17, 15) is 14.4 Å². The third kappa shape index (κ3) is 7.34. The molecule has 0 aliphatic heterocycles. The van der Waals surface area contributed by atoms with Gasteiger partial charge in [0.25, 0.3) is 5.91 Å². The van der Waals surface area contributed by atoms with Gasteiger partial charge in [-0.3, -0.25) is 25.2 Å². The summed E-state index contributed by atoms with van der Waals surface area (Å²) in [6.07, 6.45) is -0.138. The Morgan fingerprint density at radius 3 is 2.21 bits per heavy atom. The minimum absolute atomic E-state index is 0.0456. The van der Waals surface area contributed by atoms with Gasteiger partial charge in [0.1, 0.15) is 11.5 Å². The molecule has 2 aromatic rings. The van der Waals surface area contributed by atoms with Crippen molar-refractivity contribution < 1.29 is 23.9 Å². The SMILES string of the molecule is COc1ccc(OCC(=O)NNC(=O)CCC(=O)Nc2cccc(Cl)c2C)cc1. The van der Waals surface area contributed by atoms with Gasteiger partial charge in [-0.2, -0.15) is 0 Å². The summed E-state index contributed by atoms with van der Waals surface area (Å²) in [4.78, 5) is 35.5. The lowest BCUT2D eigenvalue weighted by Gasteiger charge is -2.10. The van der Waals surface area contributed by atoms with Gasteiger partial charge < -0.3 is 14.8 Å². The van der Waals surface area contributed by atoms with Crippen LogP contribution in [0.2, 0.25) is 5.02 Å². The van der Waals surface area contributed by atoms with E-state index in [0.717, 1.165) is 5.56 Å². The second kappa shape index (κ2) is 10.9. The van der Waals surface area contributed by atoms with Gasteiger partial charge >= 0.3 is 0 Å². The van der Waals surface area contributed by atoms with E-state index in [4.69, 9.17) is 21.1 Å². The lowest BCUT2D eigenvalue weighted by atomic mass is 10.2. The maximum absolute atomic E-state index is 12.0. The van der Waals surface area contributed by atoms with Crippen molar-refractivity contribution in [2.24, 2.45) is 0 Å². The van der Waals surface area contributed by atoms with Gasteiger partial charge in [0.15, 0.2) is 6.61 Å². The van der Waals surface area contributed by atoms with Gasteiger partial charge in [-0.15, -0.1) is 0 Å². The van der Waals surface area contributed by atoms with Gasteiger partial charge in [0.2, 0.25) is 11.8 Å². The van der Waals surface area contributed by atoms with Crippen LogP contribution in [-0.4, -0.2) is 31.4 Å². The Balaban J connectivity index is 1.66. The fraction of sp³-hybridized carbons (Fsp3) is 0.250. The molecule has 0 bridgehead atoms. The minimum Gasteiger partial charge on any atom is -0.497 e. The summed E-state index contributed by atoms with van der Waals surface area (Å²) >= 11 is 6.00. The molecule has 2 rings (SSSR count). The van der Waals surface area contributed by atoms with Gasteiger partial charge in [-0.25, -0.2) is 0 Å². The number of benzene rings is 2. The Hall–Kier alpha value is -3.26. The Morgan fingerprint density at radius 1 is 0.897 bits per heavy atom. The average Bonchev–Trinajstić information content (AvgIpc) is 2.73. The van der Waals surface area contributed by atoms with Gasteiger partial charge in [0, 0.05) is 23.6 Å². The van der Waals surface area contributed by atoms with E-state index in [1.165, 1.54) is 0 Å². The molecular weight excluding hydrogens is 398 g/mol. The number of hydrogen-bond donors (Lipinski definition) is 3. The molecule has 0 atom stereocenters. The number of methoxy groups -OCH3 is 1. The molecule has 3 N–H and O–H groups in total. The third-order valence-electron chi connectivity index (χ3n) is 3.89.